The first-order valence-electron chi connectivity index (χ1n) is 20.4. The average Bonchev–Trinajstić information content (AvgIpc) is 3.10. The zero-order chi connectivity index (χ0) is 39.2. The third-order valence-corrected chi connectivity index (χ3v) is 10.4. The molecule has 0 heterocycles. The number of fused-ring (bicyclic) bond motifs is 1. The Labute approximate surface area is 325 Å². The minimum atomic E-state index is -0.0230. The van der Waals surface area contributed by atoms with Gasteiger partial charge in [0.1, 0.15) is 0 Å². The van der Waals surface area contributed by atoms with Crippen LogP contribution in [-0.4, -0.2) is 11.6 Å². The van der Waals surface area contributed by atoms with E-state index in [0.717, 1.165) is 77.0 Å². The van der Waals surface area contributed by atoms with E-state index in [1.165, 1.54) is 57.4 Å². The SMILES string of the molecule is CC(C)=CCC/C(C)=C/CC/C(C)=C/CC/C(C)=C/CCC(C)=CCC/C(C)=C\CC/C(C)=C\CC/C(C)=C\CC1=C(C)C(=O)c2ccccc2C1=O. The van der Waals surface area contributed by atoms with E-state index in [9.17, 15) is 9.59 Å². The molecule has 0 aromatic heterocycles. The first kappa shape index (κ1) is 45.4. The number of Topliss-reactive ketones (excluding diaryl/α,β-unsaturated/α-hetero) is 2. The monoisotopic (exact) mass is 717 g/mol. The van der Waals surface area contributed by atoms with Gasteiger partial charge in [-0.2, -0.15) is 0 Å². The van der Waals surface area contributed by atoms with Crippen molar-refractivity contribution in [3.63, 3.8) is 0 Å². The van der Waals surface area contributed by atoms with Gasteiger partial charge in [-0.15, -0.1) is 0 Å². The molecule has 2 heteroatoms. The third-order valence-electron chi connectivity index (χ3n) is 10.4. The second-order valence-electron chi connectivity index (χ2n) is 15.9. The molecule has 2 rings (SSSR count). The van der Waals surface area contributed by atoms with Gasteiger partial charge in [0.25, 0.3) is 0 Å². The van der Waals surface area contributed by atoms with Gasteiger partial charge in [-0.05, 0) is 166 Å². The Balaban J connectivity index is 1.62. The van der Waals surface area contributed by atoms with E-state index in [4.69, 9.17) is 0 Å². The predicted octanol–water partition coefficient (Wildman–Crippen LogP) is 15.8. The van der Waals surface area contributed by atoms with Crippen molar-refractivity contribution in [3.05, 3.63) is 140 Å². The molecule has 0 aliphatic heterocycles. The second-order valence-corrected chi connectivity index (χ2v) is 15.9. The molecule has 0 radical (unpaired) electrons. The molecule has 1 aliphatic rings. The van der Waals surface area contributed by atoms with Crippen molar-refractivity contribution < 1.29 is 9.59 Å². The van der Waals surface area contributed by atoms with Gasteiger partial charge in [0.15, 0.2) is 11.6 Å². The maximum absolute atomic E-state index is 13.0. The third kappa shape index (κ3) is 18.7. The number of ketones is 2. The Morgan fingerprint density at radius 2 is 0.698 bits per heavy atom. The Kier molecular flexibility index (Phi) is 21.6. The molecule has 1 aliphatic carbocycles. The molecule has 0 amide bonds. The summed E-state index contributed by atoms with van der Waals surface area (Å²) in [5.74, 6) is -0.0315. The van der Waals surface area contributed by atoms with Crippen LogP contribution >= 0.6 is 0 Å². The standard InChI is InChI=1S/C51H72O2/c1-38(2)20-13-21-39(3)22-14-23-40(4)24-15-25-41(5)26-16-27-42(6)28-17-29-43(7)30-18-31-44(8)32-19-33-45(9)36-37-47-46(10)50(52)48-34-11-12-35-49(48)51(47)53/h11-12,20,22,24,26,28,30,32,34-36H,13-19,21,23,25,27,29,31,33,37H2,1-10H3/b39-22+,40-24+,41-26+,42-28?,43-30-,44-32-,45-36-. The fraction of sp³-hybridized carbons (Fsp3) is 0.490. The topological polar surface area (TPSA) is 34.1 Å². The lowest BCUT2D eigenvalue weighted by atomic mass is 9.83. The summed E-state index contributed by atoms with van der Waals surface area (Å²) in [4.78, 5) is 25.8. The number of benzene rings is 1. The van der Waals surface area contributed by atoms with Crippen molar-refractivity contribution in [2.75, 3.05) is 0 Å². The molecule has 0 N–H and O–H groups in total. The van der Waals surface area contributed by atoms with Crippen LogP contribution in [0.15, 0.2) is 129 Å². The first-order chi connectivity index (χ1) is 25.3. The fourth-order valence-corrected chi connectivity index (χ4v) is 6.65. The number of carbonyl (C=O) groups excluding carboxylic acids is 2. The van der Waals surface area contributed by atoms with Gasteiger partial charge in [-0.3, -0.25) is 9.59 Å². The highest BCUT2D eigenvalue weighted by atomic mass is 16.1. The van der Waals surface area contributed by atoms with Crippen molar-refractivity contribution in [3.8, 4) is 0 Å². The Morgan fingerprint density at radius 3 is 1.02 bits per heavy atom. The van der Waals surface area contributed by atoms with Gasteiger partial charge in [-0.1, -0.05) is 117 Å². The van der Waals surface area contributed by atoms with Crippen molar-refractivity contribution >= 4 is 11.6 Å². The van der Waals surface area contributed by atoms with E-state index < -0.39 is 0 Å². The lowest BCUT2D eigenvalue weighted by molar-refractivity contribution is 0.0973. The summed E-state index contributed by atoms with van der Waals surface area (Å²) in [6, 6.07) is 7.16. The highest BCUT2D eigenvalue weighted by Crippen LogP contribution is 2.29. The first-order valence-corrected chi connectivity index (χ1v) is 20.4. The number of rotatable bonds is 23. The van der Waals surface area contributed by atoms with Crippen LogP contribution in [0.2, 0.25) is 0 Å². The Morgan fingerprint density at radius 1 is 0.415 bits per heavy atom. The van der Waals surface area contributed by atoms with Gasteiger partial charge >= 0.3 is 0 Å². The molecule has 0 unspecified atom stereocenters. The minimum absolute atomic E-state index is 0.00849. The van der Waals surface area contributed by atoms with Gasteiger partial charge < -0.3 is 0 Å². The van der Waals surface area contributed by atoms with E-state index in [1.54, 1.807) is 19.1 Å². The van der Waals surface area contributed by atoms with Crippen LogP contribution in [0.4, 0.5) is 0 Å². The van der Waals surface area contributed by atoms with Gasteiger partial charge in [0.2, 0.25) is 0 Å². The highest BCUT2D eigenvalue weighted by Gasteiger charge is 2.28. The van der Waals surface area contributed by atoms with Crippen LogP contribution in [-0.2, 0) is 0 Å². The summed E-state index contributed by atoms with van der Waals surface area (Å²) in [6.07, 6.45) is 35.1. The van der Waals surface area contributed by atoms with Crippen molar-refractivity contribution in [2.24, 2.45) is 0 Å². The minimum Gasteiger partial charge on any atom is -0.289 e. The average molecular weight is 717 g/mol. The van der Waals surface area contributed by atoms with Crippen LogP contribution in [0.5, 0.6) is 0 Å². The smallest absolute Gasteiger partial charge is 0.190 e. The zero-order valence-electron chi connectivity index (χ0n) is 35.4. The zero-order valence-corrected chi connectivity index (χ0v) is 35.4. The molecule has 288 valence electrons. The number of hydrogen-bond donors (Lipinski definition) is 0. The molecule has 0 saturated heterocycles. The maximum atomic E-state index is 13.0. The van der Waals surface area contributed by atoms with Crippen LogP contribution < -0.4 is 0 Å². The molecule has 0 atom stereocenters. The molecule has 0 fully saturated rings. The molecular formula is C51H72O2. The van der Waals surface area contributed by atoms with Crippen molar-refractivity contribution in [1.82, 2.24) is 0 Å². The highest BCUT2D eigenvalue weighted by molar-refractivity contribution is 6.26. The molecule has 0 saturated carbocycles. The number of hydrogen-bond acceptors (Lipinski definition) is 2. The van der Waals surface area contributed by atoms with Gasteiger partial charge in [0.05, 0.1) is 0 Å². The molecule has 1 aromatic rings. The lowest BCUT2D eigenvalue weighted by Gasteiger charge is -2.18. The summed E-state index contributed by atoms with van der Waals surface area (Å²) in [5.41, 5.74) is 13.9. The molecular weight excluding hydrogens is 645 g/mol. The molecule has 2 nitrogen and oxygen atoms in total. The summed E-state index contributed by atoms with van der Waals surface area (Å²) in [6.45, 7) is 21.9. The van der Waals surface area contributed by atoms with E-state index in [-0.39, 0.29) is 11.6 Å². The van der Waals surface area contributed by atoms with E-state index in [2.05, 4.69) is 111 Å². The summed E-state index contributed by atoms with van der Waals surface area (Å²) in [5, 5.41) is 0. The van der Waals surface area contributed by atoms with E-state index in [1.807, 2.05) is 12.1 Å². The van der Waals surface area contributed by atoms with Gasteiger partial charge in [-0.25, -0.2) is 0 Å². The Hall–Kier alpha value is -3.78. The summed E-state index contributed by atoms with van der Waals surface area (Å²) >= 11 is 0. The number of allylic oxidation sites excluding steroid dienone is 18. The fourth-order valence-electron chi connectivity index (χ4n) is 6.65. The predicted molar refractivity (Wildman–Crippen MR) is 233 cm³/mol. The molecule has 0 spiro atoms. The van der Waals surface area contributed by atoms with Crippen molar-refractivity contribution in [2.45, 2.75) is 166 Å². The quantitative estimate of drug-likeness (QED) is 0.106. The van der Waals surface area contributed by atoms with Crippen LogP contribution in [0.25, 0.3) is 0 Å². The molecule has 0 bridgehead atoms. The number of carbonyl (C=O) groups is 2. The normalized spacial score (nSPS) is 15.4. The summed E-state index contributed by atoms with van der Waals surface area (Å²) < 4.78 is 0. The second kappa shape index (κ2) is 25.3. The van der Waals surface area contributed by atoms with E-state index in [0.29, 0.717) is 28.7 Å². The van der Waals surface area contributed by atoms with Crippen LogP contribution in [0.3, 0.4) is 0 Å². The molecule has 53 heavy (non-hydrogen) atoms. The maximum Gasteiger partial charge on any atom is 0.190 e. The molecule has 1 aromatic carbocycles. The van der Waals surface area contributed by atoms with Gasteiger partial charge in [0, 0.05) is 22.3 Å². The lowest BCUT2D eigenvalue weighted by Crippen LogP contribution is -2.20. The van der Waals surface area contributed by atoms with Crippen LogP contribution in [0, 0.1) is 0 Å². The van der Waals surface area contributed by atoms with Crippen molar-refractivity contribution in [1.29, 1.82) is 0 Å². The summed E-state index contributed by atoms with van der Waals surface area (Å²) in [7, 11) is 0. The van der Waals surface area contributed by atoms with E-state index >= 15 is 0 Å². The van der Waals surface area contributed by atoms with Crippen LogP contribution in [0.1, 0.15) is 186 Å². The Bertz CT molecular complexity index is 1650. The largest absolute Gasteiger partial charge is 0.289 e.